The number of benzene rings is 1. The molecule has 0 fully saturated rings. The van der Waals surface area contributed by atoms with Crippen LogP contribution in [-0.4, -0.2) is 5.78 Å². The molecule has 0 aliphatic rings. The number of ketones is 1. The number of Topliss-reactive ketones (excluding diaryl/α,β-unsaturated/α-hetero) is 1. The van der Waals surface area contributed by atoms with Crippen molar-refractivity contribution in [3.63, 3.8) is 0 Å². The van der Waals surface area contributed by atoms with Crippen molar-refractivity contribution in [2.75, 3.05) is 0 Å². The second-order valence-electron chi connectivity index (χ2n) is 3.33. The van der Waals surface area contributed by atoms with Gasteiger partial charge >= 0.3 is 0 Å². The first-order valence-electron chi connectivity index (χ1n) is 4.84. The second-order valence-corrected chi connectivity index (χ2v) is 4.25. The first-order chi connectivity index (χ1) is 7.17. The first kappa shape index (κ1) is 11.9. The Morgan fingerprint density at radius 1 is 1.47 bits per heavy atom. The van der Waals surface area contributed by atoms with Gasteiger partial charge in [-0.1, -0.05) is 35.0 Å². The molecule has 78 valence electrons. The highest BCUT2D eigenvalue weighted by atomic mass is 79.9. The van der Waals surface area contributed by atoms with Crippen molar-refractivity contribution in [1.82, 2.24) is 0 Å². The van der Waals surface area contributed by atoms with Crippen LogP contribution >= 0.6 is 15.9 Å². The van der Waals surface area contributed by atoms with Crippen molar-refractivity contribution >= 4 is 21.7 Å². The zero-order chi connectivity index (χ0) is 11.3. The quantitative estimate of drug-likeness (QED) is 0.840. The molecule has 3 heteroatoms. The molecule has 1 aromatic rings. The molecule has 15 heavy (non-hydrogen) atoms. The van der Waals surface area contributed by atoms with Gasteiger partial charge in [-0.2, -0.15) is 5.26 Å². The maximum Gasteiger partial charge on any atom is 0.150 e. The molecule has 0 saturated heterocycles. The third-order valence-corrected chi connectivity index (χ3v) is 2.77. The lowest BCUT2D eigenvalue weighted by Crippen LogP contribution is -2.14. The van der Waals surface area contributed by atoms with Gasteiger partial charge < -0.3 is 0 Å². The lowest BCUT2D eigenvalue weighted by Gasteiger charge is -2.06. The number of halogens is 1. The van der Waals surface area contributed by atoms with Crippen LogP contribution in [0.15, 0.2) is 28.7 Å². The van der Waals surface area contributed by atoms with Gasteiger partial charge in [0.05, 0.1) is 6.07 Å². The highest BCUT2D eigenvalue weighted by Gasteiger charge is 2.15. The van der Waals surface area contributed by atoms with E-state index in [0.29, 0.717) is 12.8 Å². The lowest BCUT2D eigenvalue weighted by atomic mass is 9.95. The molecule has 0 spiro atoms. The Hall–Kier alpha value is -1.14. The summed E-state index contributed by atoms with van der Waals surface area (Å²) in [6.45, 7) is 1.79. The highest BCUT2D eigenvalue weighted by molar-refractivity contribution is 9.10. The lowest BCUT2D eigenvalue weighted by molar-refractivity contribution is -0.120. The van der Waals surface area contributed by atoms with Crippen LogP contribution < -0.4 is 0 Å². The first-order valence-corrected chi connectivity index (χ1v) is 5.63. The Morgan fingerprint density at radius 2 is 2.07 bits per heavy atom. The van der Waals surface area contributed by atoms with Crippen LogP contribution in [0.1, 0.15) is 18.9 Å². The third kappa shape index (κ3) is 3.49. The van der Waals surface area contributed by atoms with Gasteiger partial charge in [-0.05, 0) is 24.1 Å². The molecule has 0 bridgehead atoms. The summed E-state index contributed by atoms with van der Waals surface area (Å²) in [5.74, 6) is -0.489. The molecule has 0 unspecified atom stereocenters. The normalized spacial score (nSPS) is 11.8. The van der Waals surface area contributed by atoms with Gasteiger partial charge in [0.25, 0.3) is 0 Å². The van der Waals surface area contributed by atoms with Crippen molar-refractivity contribution in [3.05, 3.63) is 34.3 Å². The molecule has 0 amide bonds. The van der Waals surface area contributed by atoms with Crippen molar-refractivity contribution < 1.29 is 4.79 Å². The molecule has 0 aliphatic heterocycles. The van der Waals surface area contributed by atoms with Crippen LogP contribution in [0, 0.1) is 17.2 Å². The number of hydrogen-bond acceptors (Lipinski definition) is 2. The van der Waals surface area contributed by atoms with Crippen molar-refractivity contribution in [1.29, 1.82) is 5.26 Å². The van der Waals surface area contributed by atoms with Crippen molar-refractivity contribution in [3.8, 4) is 6.07 Å². The fraction of sp³-hybridized carbons (Fsp3) is 0.333. The third-order valence-electron chi connectivity index (χ3n) is 2.25. The zero-order valence-corrected chi connectivity index (χ0v) is 10.1. The molecular weight excluding hydrogens is 254 g/mol. The molecule has 0 aliphatic carbocycles. The number of carbonyl (C=O) groups is 1. The van der Waals surface area contributed by atoms with Gasteiger partial charge in [-0.3, -0.25) is 4.79 Å². The van der Waals surface area contributed by atoms with E-state index in [4.69, 9.17) is 5.26 Å². The monoisotopic (exact) mass is 265 g/mol. The molecule has 0 saturated carbocycles. The van der Waals surface area contributed by atoms with Crippen LogP contribution in [-0.2, 0) is 11.2 Å². The Morgan fingerprint density at radius 3 is 2.53 bits per heavy atom. The highest BCUT2D eigenvalue weighted by Crippen LogP contribution is 2.14. The predicted octanol–water partition coefficient (Wildman–Crippen LogP) is 3.11. The van der Waals surface area contributed by atoms with Crippen LogP contribution in [0.3, 0.4) is 0 Å². The Labute approximate surface area is 98.0 Å². The minimum atomic E-state index is -0.504. The number of nitrogens with zero attached hydrogens (tertiary/aromatic N) is 1. The maximum absolute atomic E-state index is 11.4. The average molecular weight is 266 g/mol. The van der Waals surface area contributed by atoms with Gasteiger partial charge in [0.1, 0.15) is 11.7 Å². The minimum Gasteiger partial charge on any atom is -0.298 e. The number of rotatable bonds is 4. The van der Waals surface area contributed by atoms with E-state index >= 15 is 0 Å². The van der Waals surface area contributed by atoms with E-state index in [1.54, 1.807) is 6.92 Å². The largest absolute Gasteiger partial charge is 0.298 e. The van der Waals surface area contributed by atoms with E-state index in [1.165, 1.54) is 0 Å². The van der Waals surface area contributed by atoms with Gasteiger partial charge in [-0.15, -0.1) is 0 Å². The summed E-state index contributed by atoms with van der Waals surface area (Å²) in [5, 5.41) is 8.86. The molecule has 0 heterocycles. The molecule has 1 rings (SSSR count). The SMILES string of the molecule is CCC(=O)[C@@H](C#N)Cc1ccc(Br)cc1. The van der Waals surface area contributed by atoms with Crippen molar-refractivity contribution in [2.24, 2.45) is 5.92 Å². The van der Waals surface area contributed by atoms with Gasteiger partial charge in [-0.25, -0.2) is 0 Å². The predicted molar refractivity (Wildman–Crippen MR) is 62.2 cm³/mol. The summed E-state index contributed by atoms with van der Waals surface area (Å²) in [5.41, 5.74) is 1.02. The topological polar surface area (TPSA) is 40.9 Å². The van der Waals surface area contributed by atoms with Gasteiger partial charge in [0.2, 0.25) is 0 Å². The van der Waals surface area contributed by atoms with Gasteiger partial charge in [0.15, 0.2) is 0 Å². The maximum atomic E-state index is 11.4. The molecule has 1 atom stereocenters. The molecule has 0 radical (unpaired) electrons. The summed E-state index contributed by atoms with van der Waals surface area (Å²) in [7, 11) is 0. The molecule has 0 N–H and O–H groups in total. The Kier molecular flexibility index (Phi) is 4.51. The Bertz CT molecular complexity index is 378. The summed E-state index contributed by atoms with van der Waals surface area (Å²) < 4.78 is 1.00. The Balaban J connectivity index is 2.72. The number of carbonyl (C=O) groups excluding carboxylic acids is 1. The van der Waals surface area contributed by atoms with Crippen LogP contribution in [0.4, 0.5) is 0 Å². The van der Waals surface area contributed by atoms with E-state index in [-0.39, 0.29) is 5.78 Å². The summed E-state index contributed by atoms with van der Waals surface area (Å²) >= 11 is 3.34. The second kappa shape index (κ2) is 5.67. The molecular formula is C12H12BrNO. The minimum absolute atomic E-state index is 0.0143. The molecule has 2 nitrogen and oxygen atoms in total. The van der Waals surface area contributed by atoms with Crippen LogP contribution in [0.5, 0.6) is 0 Å². The van der Waals surface area contributed by atoms with Crippen LogP contribution in [0.25, 0.3) is 0 Å². The molecule has 0 aromatic heterocycles. The molecule has 1 aromatic carbocycles. The number of hydrogen-bond donors (Lipinski definition) is 0. The fourth-order valence-corrected chi connectivity index (χ4v) is 1.60. The van der Waals surface area contributed by atoms with Crippen molar-refractivity contribution in [2.45, 2.75) is 19.8 Å². The van der Waals surface area contributed by atoms with E-state index in [0.717, 1.165) is 10.0 Å². The van der Waals surface area contributed by atoms with Crippen LogP contribution in [0.2, 0.25) is 0 Å². The fourth-order valence-electron chi connectivity index (χ4n) is 1.33. The van der Waals surface area contributed by atoms with Gasteiger partial charge in [0, 0.05) is 10.9 Å². The zero-order valence-electron chi connectivity index (χ0n) is 8.53. The van der Waals surface area contributed by atoms with E-state index < -0.39 is 5.92 Å². The average Bonchev–Trinajstić information content (AvgIpc) is 2.27. The van der Waals surface area contributed by atoms with E-state index in [1.807, 2.05) is 24.3 Å². The smallest absolute Gasteiger partial charge is 0.150 e. The standard InChI is InChI=1S/C12H12BrNO/c1-2-12(15)10(8-14)7-9-3-5-11(13)6-4-9/h3-6,10H,2,7H2,1H3/t10-/m1/s1. The number of nitriles is 1. The van der Waals surface area contributed by atoms with E-state index in [2.05, 4.69) is 22.0 Å². The summed E-state index contributed by atoms with van der Waals surface area (Å²) in [6.07, 6.45) is 0.936. The summed E-state index contributed by atoms with van der Waals surface area (Å²) in [6, 6.07) is 9.74. The summed E-state index contributed by atoms with van der Waals surface area (Å²) in [4.78, 5) is 11.4. The van der Waals surface area contributed by atoms with E-state index in [9.17, 15) is 4.79 Å².